The van der Waals surface area contributed by atoms with Crippen molar-refractivity contribution in [1.29, 1.82) is 0 Å². The van der Waals surface area contributed by atoms with E-state index in [4.69, 9.17) is 10.8 Å². The summed E-state index contributed by atoms with van der Waals surface area (Å²) in [5.41, 5.74) is 7.84. The SMILES string of the molecule is Nc1ccc(CN(CCCCO)C2CC2)cc1. The summed E-state index contributed by atoms with van der Waals surface area (Å²) < 4.78 is 0. The number of nitrogens with zero attached hydrogens (tertiary/aromatic N) is 1. The molecular weight excluding hydrogens is 212 g/mol. The number of benzene rings is 1. The maximum Gasteiger partial charge on any atom is 0.0431 e. The molecule has 0 aromatic heterocycles. The second kappa shape index (κ2) is 6.03. The summed E-state index contributed by atoms with van der Waals surface area (Å²) in [6.07, 6.45) is 4.65. The normalized spacial score (nSPS) is 15.4. The summed E-state index contributed by atoms with van der Waals surface area (Å²) in [6.45, 7) is 2.41. The Labute approximate surface area is 103 Å². The van der Waals surface area contributed by atoms with E-state index in [0.717, 1.165) is 37.7 Å². The smallest absolute Gasteiger partial charge is 0.0431 e. The number of rotatable bonds is 7. The van der Waals surface area contributed by atoms with E-state index in [0.29, 0.717) is 6.61 Å². The summed E-state index contributed by atoms with van der Waals surface area (Å²) in [4.78, 5) is 2.53. The van der Waals surface area contributed by atoms with E-state index in [1.54, 1.807) is 0 Å². The third-order valence-corrected chi connectivity index (χ3v) is 3.28. The van der Waals surface area contributed by atoms with Crippen molar-refractivity contribution in [1.82, 2.24) is 4.90 Å². The molecule has 3 N–H and O–H groups in total. The van der Waals surface area contributed by atoms with Gasteiger partial charge in [-0.15, -0.1) is 0 Å². The van der Waals surface area contributed by atoms with Crippen LogP contribution in [0.2, 0.25) is 0 Å². The quantitative estimate of drug-likeness (QED) is 0.560. The van der Waals surface area contributed by atoms with Gasteiger partial charge in [0.1, 0.15) is 0 Å². The third kappa shape index (κ3) is 4.02. The van der Waals surface area contributed by atoms with Gasteiger partial charge in [-0.1, -0.05) is 12.1 Å². The molecule has 0 amide bonds. The molecule has 3 nitrogen and oxygen atoms in total. The van der Waals surface area contributed by atoms with E-state index >= 15 is 0 Å². The molecular formula is C14H22N2O. The zero-order valence-electron chi connectivity index (χ0n) is 10.3. The van der Waals surface area contributed by atoms with E-state index in [1.165, 1.54) is 18.4 Å². The molecule has 0 bridgehead atoms. The van der Waals surface area contributed by atoms with E-state index < -0.39 is 0 Å². The van der Waals surface area contributed by atoms with Crippen molar-refractivity contribution in [3.8, 4) is 0 Å². The van der Waals surface area contributed by atoms with Crippen LogP contribution in [0.5, 0.6) is 0 Å². The van der Waals surface area contributed by atoms with Gasteiger partial charge in [0.05, 0.1) is 0 Å². The van der Waals surface area contributed by atoms with Crippen LogP contribution in [0.25, 0.3) is 0 Å². The monoisotopic (exact) mass is 234 g/mol. The Bertz CT molecular complexity index is 333. The Balaban J connectivity index is 1.86. The Morgan fingerprint density at radius 1 is 1.18 bits per heavy atom. The van der Waals surface area contributed by atoms with Gasteiger partial charge in [0.25, 0.3) is 0 Å². The number of unbranched alkanes of at least 4 members (excludes halogenated alkanes) is 1. The molecule has 1 fully saturated rings. The van der Waals surface area contributed by atoms with Crippen molar-refractivity contribution in [3.05, 3.63) is 29.8 Å². The fourth-order valence-corrected chi connectivity index (χ4v) is 2.11. The maximum absolute atomic E-state index is 8.82. The second-order valence-electron chi connectivity index (χ2n) is 4.87. The Hall–Kier alpha value is -1.06. The maximum atomic E-state index is 8.82. The first-order valence-electron chi connectivity index (χ1n) is 6.49. The predicted molar refractivity (Wildman–Crippen MR) is 70.6 cm³/mol. The largest absolute Gasteiger partial charge is 0.399 e. The first-order chi connectivity index (χ1) is 8.29. The first kappa shape index (κ1) is 12.4. The van der Waals surface area contributed by atoms with Gasteiger partial charge in [-0.05, 0) is 49.9 Å². The van der Waals surface area contributed by atoms with Crippen molar-refractivity contribution >= 4 is 5.69 Å². The topological polar surface area (TPSA) is 49.5 Å². The van der Waals surface area contributed by atoms with Crippen LogP contribution in [-0.2, 0) is 6.54 Å². The summed E-state index contributed by atoms with van der Waals surface area (Å²) in [5, 5.41) is 8.82. The fraction of sp³-hybridized carbons (Fsp3) is 0.571. The zero-order valence-corrected chi connectivity index (χ0v) is 10.3. The highest BCUT2D eigenvalue weighted by Crippen LogP contribution is 2.28. The third-order valence-electron chi connectivity index (χ3n) is 3.28. The van der Waals surface area contributed by atoms with Gasteiger partial charge in [-0.2, -0.15) is 0 Å². The highest BCUT2D eigenvalue weighted by Gasteiger charge is 2.28. The Morgan fingerprint density at radius 3 is 2.47 bits per heavy atom. The molecule has 1 aromatic carbocycles. The zero-order chi connectivity index (χ0) is 12.1. The number of nitrogens with two attached hydrogens (primary N) is 1. The van der Waals surface area contributed by atoms with Gasteiger partial charge in [-0.25, -0.2) is 0 Å². The lowest BCUT2D eigenvalue weighted by Gasteiger charge is -2.22. The van der Waals surface area contributed by atoms with Crippen molar-refractivity contribution in [2.45, 2.75) is 38.3 Å². The second-order valence-corrected chi connectivity index (χ2v) is 4.87. The van der Waals surface area contributed by atoms with Gasteiger partial charge < -0.3 is 10.8 Å². The molecule has 0 heterocycles. The molecule has 0 spiro atoms. The van der Waals surface area contributed by atoms with Crippen LogP contribution >= 0.6 is 0 Å². The highest BCUT2D eigenvalue weighted by atomic mass is 16.2. The van der Waals surface area contributed by atoms with Gasteiger partial charge in [0.15, 0.2) is 0 Å². The summed E-state index contributed by atoms with van der Waals surface area (Å²) in [6, 6.07) is 8.92. The van der Waals surface area contributed by atoms with Crippen LogP contribution in [0.1, 0.15) is 31.2 Å². The van der Waals surface area contributed by atoms with Crippen molar-refractivity contribution in [2.24, 2.45) is 0 Å². The minimum absolute atomic E-state index is 0.306. The molecule has 3 heteroatoms. The summed E-state index contributed by atoms with van der Waals surface area (Å²) in [7, 11) is 0. The standard InChI is InChI=1S/C14H22N2O/c15-13-5-3-12(4-6-13)11-16(14-7-8-14)9-1-2-10-17/h3-6,14,17H,1-2,7-11,15H2. The Kier molecular flexibility index (Phi) is 4.40. The molecule has 1 aromatic rings. The Morgan fingerprint density at radius 2 is 1.88 bits per heavy atom. The fourth-order valence-electron chi connectivity index (χ4n) is 2.11. The molecule has 0 saturated heterocycles. The summed E-state index contributed by atoms with van der Waals surface area (Å²) >= 11 is 0. The minimum Gasteiger partial charge on any atom is -0.399 e. The highest BCUT2D eigenvalue weighted by molar-refractivity contribution is 5.39. The lowest BCUT2D eigenvalue weighted by molar-refractivity contribution is 0.229. The number of nitrogen functional groups attached to an aromatic ring is 1. The summed E-state index contributed by atoms with van der Waals surface area (Å²) in [5.74, 6) is 0. The van der Waals surface area contributed by atoms with Crippen molar-refractivity contribution < 1.29 is 5.11 Å². The van der Waals surface area contributed by atoms with E-state index in [-0.39, 0.29) is 0 Å². The molecule has 1 saturated carbocycles. The number of hydrogen-bond donors (Lipinski definition) is 2. The van der Waals surface area contributed by atoms with E-state index in [9.17, 15) is 0 Å². The molecule has 1 aliphatic rings. The lowest BCUT2D eigenvalue weighted by atomic mass is 10.2. The lowest BCUT2D eigenvalue weighted by Crippen LogP contribution is -2.26. The molecule has 94 valence electrons. The van der Waals surface area contributed by atoms with Crippen LogP contribution in [0.4, 0.5) is 5.69 Å². The molecule has 1 aliphatic carbocycles. The van der Waals surface area contributed by atoms with E-state index in [2.05, 4.69) is 17.0 Å². The van der Waals surface area contributed by atoms with Crippen molar-refractivity contribution in [2.75, 3.05) is 18.9 Å². The van der Waals surface area contributed by atoms with Crippen LogP contribution in [0, 0.1) is 0 Å². The average molecular weight is 234 g/mol. The van der Waals surface area contributed by atoms with Gasteiger partial charge in [0, 0.05) is 24.9 Å². The molecule has 0 radical (unpaired) electrons. The van der Waals surface area contributed by atoms with Crippen LogP contribution in [-0.4, -0.2) is 29.2 Å². The first-order valence-corrected chi connectivity index (χ1v) is 6.49. The number of aliphatic hydroxyl groups is 1. The van der Waals surface area contributed by atoms with Crippen LogP contribution in [0.15, 0.2) is 24.3 Å². The number of aliphatic hydroxyl groups excluding tert-OH is 1. The number of hydrogen-bond acceptors (Lipinski definition) is 3. The van der Waals surface area contributed by atoms with Gasteiger partial charge in [-0.3, -0.25) is 4.90 Å². The molecule has 0 unspecified atom stereocenters. The molecule has 0 atom stereocenters. The van der Waals surface area contributed by atoms with E-state index in [1.807, 2.05) is 12.1 Å². The number of anilines is 1. The van der Waals surface area contributed by atoms with Crippen LogP contribution in [0.3, 0.4) is 0 Å². The minimum atomic E-state index is 0.306. The molecule has 2 rings (SSSR count). The van der Waals surface area contributed by atoms with Crippen molar-refractivity contribution in [3.63, 3.8) is 0 Å². The molecule has 17 heavy (non-hydrogen) atoms. The van der Waals surface area contributed by atoms with Crippen LogP contribution < -0.4 is 5.73 Å². The van der Waals surface area contributed by atoms with Gasteiger partial charge >= 0.3 is 0 Å². The molecule has 0 aliphatic heterocycles. The van der Waals surface area contributed by atoms with Gasteiger partial charge in [0.2, 0.25) is 0 Å². The average Bonchev–Trinajstić information content (AvgIpc) is 3.15. The predicted octanol–water partition coefficient (Wildman–Crippen LogP) is 2.01.